The van der Waals surface area contributed by atoms with Crippen LogP contribution < -0.4 is 9.79 Å². The van der Waals surface area contributed by atoms with Gasteiger partial charge in [0, 0.05) is 12.3 Å². The molecule has 0 aromatic heterocycles. The van der Waals surface area contributed by atoms with Crippen LogP contribution in [0.15, 0.2) is 36.4 Å². The molecule has 6 nitrogen and oxygen atoms in total. The smallest absolute Gasteiger partial charge is 0.778 e. The van der Waals surface area contributed by atoms with Gasteiger partial charge < -0.3 is 28.0 Å². The van der Waals surface area contributed by atoms with E-state index in [0.717, 1.165) is 33.4 Å². The Labute approximate surface area is 292 Å². The second kappa shape index (κ2) is 16.2. The quantitative estimate of drug-likeness (QED) is 0.208. The van der Waals surface area contributed by atoms with Crippen molar-refractivity contribution < 1.29 is 28.0 Å². The van der Waals surface area contributed by atoms with Gasteiger partial charge in [0.15, 0.2) is 0 Å². The third-order valence-electron chi connectivity index (χ3n) is 6.85. The molecule has 0 saturated carbocycles. The molecular weight excluding hydrogens is 606 g/mol. The van der Waals surface area contributed by atoms with Crippen LogP contribution in [0, 0.1) is 0 Å². The van der Waals surface area contributed by atoms with Gasteiger partial charge >= 0.3 is 37.7 Å². The summed E-state index contributed by atoms with van der Waals surface area (Å²) < 4.78 is 33.6. The molecule has 43 heavy (non-hydrogen) atoms. The van der Waals surface area contributed by atoms with E-state index in [4.69, 9.17) is 9.05 Å². The van der Waals surface area contributed by atoms with Gasteiger partial charge in [-0.15, -0.1) is 0 Å². The van der Waals surface area contributed by atoms with Gasteiger partial charge in [-0.05, 0) is 68.9 Å². The van der Waals surface area contributed by atoms with Crippen molar-refractivity contribution >= 4 is 52.9 Å². The fraction of sp³-hybridized carbons (Fsp3) is 0.647. The summed E-state index contributed by atoms with van der Waals surface area (Å²) in [6, 6.07) is 12.3. The SMILES string of the molecule is CCOP(=O)([O-])Cc1cc(C(C)(C)C)cc(C(C)(C)C)c1.CCOP(=O)([O-])Cc1cc(C(C)(C)C)cc(C(C)(C)C)c1.[Ca+2]. The Bertz CT molecular complexity index is 1110. The summed E-state index contributed by atoms with van der Waals surface area (Å²) in [5.41, 5.74) is 6.15. The molecule has 0 heterocycles. The van der Waals surface area contributed by atoms with Crippen LogP contribution in [0.3, 0.4) is 0 Å². The van der Waals surface area contributed by atoms with Crippen molar-refractivity contribution in [3.05, 3.63) is 69.8 Å². The molecule has 2 atom stereocenters. The molecule has 0 N–H and O–H groups in total. The monoisotopic (exact) mass is 662 g/mol. The summed E-state index contributed by atoms with van der Waals surface area (Å²) in [6.07, 6.45) is -0.0956. The second-order valence-electron chi connectivity index (χ2n) is 15.2. The third-order valence-corrected chi connectivity index (χ3v) is 9.66. The molecule has 0 bridgehead atoms. The third kappa shape index (κ3) is 15.4. The molecule has 2 unspecified atom stereocenters. The summed E-state index contributed by atoms with van der Waals surface area (Å²) in [5.74, 6) is 0. The van der Waals surface area contributed by atoms with Crippen molar-refractivity contribution in [3.8, 4) is 0 Å². The Morgan fingerprint density at radius 2 is 0.721 bits per heavy atom. The van der Waals surface area contributed by atoms with E-state index < -0.39 is 15.2 Å². The number of hydrogen-bond donors (Lipinski definition) is 0. The van der Waals surface area contributed by atoms with E-state index in [1.165, 1.54) is 0 Å². The van der Waals surface area contributed by atoms with E-state index in [2.05, 4.69) is 95.2 Å². The fourth-order valence-electron chi connectivity index (χ4n) is 4.23. The van der Waals surface area contributed by atoms with Crippen LogP contribution >= 0.6 is 15.2 Å². The first kappa shape index (κ1) is 43.0. The largest absolute Gasteiger partial charge is 2.00 e. The number of benzene rings is 2. The minimum Gasteiger partial charge on any atom is -0.778 e. The molecule has 2 rings (SSSR count). The summed E-state index contributed by atoms with van der Waals surface area (Å²) in [6.45, 7) is 29.4. The zero-order chi connectivity index (χ0) is 32.9. The van der Waals surface area contributed by atoms with Crippen LogP contribution in [-0.2, 0) is 52.2 Å². The van der Waals surface area contributed by atoms with Crippen molar-refractivity contribution in [3.63, 3.8) is 0 Å². The normalized spacial score (nSPS) is 15.4. The minimum atomic E-state index is -3.81. The molecule has 240 valence electrons. The summed E-state index contributed by atoms with van der Waals surface area (Å²) in [7, 11) is -7.62. The van der Waals surface area contributed by atoms with Gasteiger partial charge in [-0.25, -0.2) is 0 Å². The first-order valence-corrected chi connectivity index (χ1v) is 18.3. The molecule has 2 aromatic rings. The fourth-order valence-corrected chi connectivity index (χ4v) is 6.46. The molecule has 2 aromatic carbocycles. The van der Waals surface area contributed by atoms with Gasteiger partial charge in [0.05, 0.1) is 13.2 Å². The van der Waals surface area contributed by atoms with Gasteiger partial charge in [-0.1, -0.05) is 119 Å². The minimum absolute atomic E-state index is 0. The molecule has 0 radical (unpaired) electrons. The van der Waals surface area contributed by atoms with Gasteiger partial charge in [0.2, 0.25) is 0 Å². The summed E-state index contributed by atoms with van der Waals surface area (Å²) >= 11 is 0. The van der Waals surface area contributed by atoms with Gasteiger partial charge in [0.25, 0.3) is 0 Å². The van der Waals surface area contributed by atoms with Crippen molar-refractivity contribution in [2.24, 2.45) is 0 Å². The first-order chi connectivity index (χ1) is 18.7. The molecule has 9 heteroatoms. The number of rotatable bonds is 8. The predicted molar refractivity (Wildman–Crippen MR) is 179 cm³/mol. The van der Waals surface area contributed by atoms with Crippen LogP contribution in [-0.4, -0.2) is 51.0 Å². The first-order valence-electron chi connectivity index (χ1n) is 14.9. The van der Waals surface area contributed by atoms with Crippen LogP contribution in [0.4, 0.5) is 0 Å². The Balaban J connectivity index is 0.000000802. The van der Waals surface area contributed by atoms with Gasteiger partial charge in [-0.2, -0.15) is 0 Å². The Morgan fingerprint density at radius 1 is 0.512 bits per heavy atom. The average Bonchev–Trinajstić information content (AvgIpc) is 2.76. The molecule has 0 fully saturated rings. The van der Waals surface area contributed by atoms with E-state index in [-0.39, 0.29) is 84.9 Å². The Kier molecular flexibility index (Phi) is 16.2. The topological polar surface area (TPSA) is 98.7 Å². The zero-order valence-electron chi connectivity index (χ0n) is 29.3. The maximum absolute atomic E-state index is 11.9. The average molecular weight is 663 g/mol. The maximum Gasteiger partial charge on any atom is 2.00 e. The van der Waals surface area contributed by atoms with Crippen LogP contribution in [0.2, 0.25) is 0 Å². The summed E-state index contributed by atoms with van der Waals surface area (Å²) in [4.78, 5) is 23.9. The van der Waals surface area contributed by atoms with Crippen LogP contribution in [0.1, 0.15) is 130 Å². The van der Waals surface area contributed by atoms with Crippen LogP contribution in [0.25, 0.3) is 0 Å². The van der Waals surface area contributed by atoms with Crippen molar-refractivity contribution in [1.82, 2.24) is 0 Å². The van der Waals surface area contributed by atoms with E-state index >= 15 is 0 Å². The second-order valence-corrected chi connectivity index (χ2v) is 18.8. The van der Waals surface area contributed by atoms with Gasteiger partial charge in [-0.3, -0.25) is 0 Å². The summed E-state index contributed by atoms with van der Waals surface area (Å²) in [5, 5.41) is 0. The molecule has 0 aliphatic rings. The van der Waals surface area contributed by atoms with E-state index in [0.29, 0.717) is 0 Å². The number of hydrogen-bond acceptors (Lipinski definition) is 6. The van der Waals surface area contributed by atoms with Crippen molar-refractivity contribution in [2.75, 3.05) is 13.2 Å². The molecule has 0 aliphatic heterocycles. The molecule has 0 aliphatic carbocycles. The van der Waals surface area contributed by atoms with Gasteiger partial charge in [0.1, 0.15) is 15.2 Å². The Hall–Kier alpha value is -0.000260. The maximum atomic E-state index is 11.9. The zero-order valence-corrected chi connectivity index (χ0v) is 33.3. The molecule has 0 spiro atoms. The van der Waals surface area contributed by atoms with E-state index in [1.54, 1.807) is 13.8 Å². The van der Waals surface area contributed by atoms with Crippen LogP contribution in [0.5, 0.6) is 0 Å². The standard InChI is InChI=1S/2C17H29O3P.Ca/c2*1-8-20-21(18,19)12-13-9-14(16(2,3)4)11-15(10-13)17(5,6)7;/h2*9-11H,8,12H2,1-7H3,(H,18,19);/q;;+2/p-2. The molecule has 0 saturated heterocycles. The Morgan fingerprint density at radius 3 is 0.884 bits per heavy atom. The molecular formula is C34H56CaO6P2. The van der Waals surface area contributed by atoms with E-state index in [9.17, 15) is 18.9 Å². The van der Waals surface area contributed by atoms with E-state index in [1.807, 2.05) is 24.3 Å². The van der Waals surface area contributed by atoms with Crippen molar-refractivity contribution in [1.29, 1.82) is 0 Å². The predicted octanol–water partition coefficient (Wildman–Crippen LogP) is 8.36. The van der Waals surface area contributed by atoms with Crippen molar-refractivity contribution in [2.45, 2.75) is 131 Å². The molecule has 0 amide bonds.